The highest BCUT2D eigenvalue weighted by Gasteiger charge is 2.33. The van der Waals surface area contributed by atoms with Crippen LogP contribution in [0.15, 0.2) is 24.3 Å². The topological polar surface area (TPSA) is 66.6 Å². The van der Waals surface area contributed by atoms with Gasteiger partial charge in [0, 0.05) is 19.6 Å². The first-order chi connectivity index (χ1) is 9.96. The Morgan fingerprint density at radius 2 is 2.10 bits per heavy atom. The minimum absolute atomic E-state index is 0.408. The Kier molecular flexibility index (Phi) is 5.11. The van der Waals surface area contributed by atoms with Crippen molar-refractivity contribution in [3.05, 3.63) is 24.3 Å². The molecule has 6 heteroatoms. The van der Waals surface area contributed by atoms with Gasteiger partial charge in [0.2, 0.25) is 0 Å². The van der Waals surface area contributed by atoms with Crippen molar-refractivity contribution in [2.75, 3.05) is 29.7 Å². The molecule has 1 atom stereocenters. The molecule has 118 valence electrons. The molecular formula is C15H25N3O2S. The van der Waals surface area contributed by atoms with Gasteiger partial charge in [-0.2, -0.15) is 12.7 Å². The molecule has 0 aromatic heterocycles. The Labute approximate surface area is 127 Å². The third-order valence-electron chi connectivity index (χ3n) is 3.86. The summed E-state index contributed by atoms with van der Waals surface area (Å²) in [6.45, 7) is 5.71. The van der Waals surface area contributed by atoms with Gasteiger partial charge in [-0.25, -0.2) is 0 Å². The van der Waals surface area contributed by atoms with Crippen LogP contribution in [-0.2, 0) is 10.2 Å². The first-order valence-corrected chi connectivity index (χ1v) is 8.98. The molecule has 0 radical (unpaired) electrons. The number of piperidine rings is 1. The van der Waals surface area contributed by atoms with Gasteiger partial charge in [-0.15, -0.1) is 0 Å². The highest BCUT2D eigenvalue weighted by Crippen LogP contribution is 2.29. The maximum atomic E-state index is 13.0. The summed E-state index contributed by atoms with van der Waals surface area (Å²) in [7, 11) is -3.51. The molecule has 0 spiro atoms. The summed E-state index contributed by atoms with van der Waals surface area (Å²) in [4.78, 5) is 0. The second kappa shape index (κ2) is 6.66. The summed E-state index contributed by atoms with van der Waals surface area (Å²) in [5, 5.41) is 0. The maximum absolute atomic E-state index is 13.0. The van der Waals surface area contributed by atoms with Crippen molar-refractivity contribution in [1.82, 2.24) is 4.31 Å². The number of benzene rings is 1. The minimum Gasteiger partial charge on any atom is -0.397 e. The summed E-state index contributed by atoms with van der Waals surface area (Å²) in [5.74, 6) is 0.408. The third kappa shape index (κ3) is 3.49. The fourth-order valence-electron chi connectivity index (χ4n) is 2.77. The maximum Gasteiger partial charge on any atom is 0.304 e. The molecule has 0 saturated carbocycles. The van der Waals surface area contributed by atoms with Crippen molar-refractivity contribution in [3.63, 3.8) is 0 Å². The van der Waals surface area contributed by atoms with Gasteiger partial charge in [-0.05, 0) is 37.3 Å². The van der Waals surface area contributed by atoms with Gasteiger partial charge in [-0.1, -0.05) is 26.0 Å². The number of rotatable bonds is 5. The van der Waals surface area contributed by atoms with Crippen LogP contribution in [0.1, 0.15) is 33.1 Å². The van der Waals surface area contributed by atoms with E-state index in [0.29, 0.717) is 36.9 Å². The molecule has 1 aromatic rings. The first kappa shape index (κ1) is 16.1. The van der Waals surface area contributed by atoms with Crippen LogP contribution in [-0.4, -0.2) is 32.4 Å². The molecule has 1 aliphatic rings. The zero-order valence-electron chi connectivity index (χ0n) is 12.8. The smallest absolute Gasteiger partial charge is 0.304 e. The van der Waals surface area contributed by atoms with E-state index < -0.39 is 10.2 Å². The predicted molar refractivity (Wildman–Crippen MR) is 87.4 cm³/mol. The molecular weight excluding hydrogens is 286 g/mol. The van der Waals surface area contributed by atoms with Crippen molar-refractivity contribution in [3.8, 4) is 0 Å². The zero-order valence-corrected chi connectivity index (χ0v) is 13.6. The highest BCUT2D eigenvalue weighted by molar-refractivity contribution is 7.90. The molecule has 1 fully saturated rings. The lowest BCUT2D eigenvalue weighted by Crippen LogP contribution is -2.48. The van der Waals surface area contributed by atoms with Crippen molar-refractivity contribution in [1.29, 1.82) is 0 Å². The van der Waals surface area contributed by atoms with Crippen LogP contribution in [0, 0.1) is 5.92 Å². The second-order valence-corrected chi connectivity index (χ2v) is 7.60. The van der Waals surface area contributed by atoms with Crippen LogP contribution in [0.2, 0.25) is 0 Å². The predicted octanol–water partition coefficient (Wildman–Crippen LogP) is 2.46. The van der Waals surface area contributed by atoms with Crippen molar-refractivity contribution >= 4 is 21.6 Å². The van der Waals surface area contributed by atoms with E-state index in [2.05, 4.69) is 6.92 Å². The van der Waals surface area contributed by atoms with Gasteiger partial charge >= 0.3 is 10.2 Å². The van der Waals surface area contributed by atoms with Gasteiger partial charge in [0.1, 0.15) is 0 Å². The largest absolute Gasteiger partial charge is 0.397 e. The molecule has 2 rings (SSSR count). The summed E-state index contributed by atoms with van der Waals surface area (Å²) in [6.07, 6.45) is 2.76. The molecule has 2 N–H and O–H groups in total. The normalized spacial score (nSPS) is 20.4. The zero-order chi connectivity index (χ0) is 15.5. The van der Waals surface area contributed by atoms with Gasteiger partial charge in [-0.3, -0.25) is 4.31 Å². The quantitative estimate of drug-likeness (QED) is 0.849. The molecule has 1 aromatic carbocycles. The van der Waals surface area contributed by atoms with Gasteiger partial charge in [0.05, 0.1) is 11.4 Å². The fourth-order valence-corrected chi connectivity index (χ4v) is 4.68. The van der Waals surface area contributed by atoms with E-state index in [4.69, 9.17) is 5.73 Å². The van der Waals surface area contributed by atoms with Gasteiger partial charge in [0.25, 0.3) is 0 Å². The van der Waals surface area contributed by atoms with Crippen LogP contribution in [0.3, 0.4) is 0 Å². The summed E-state index contributed by atoms with van der Waals surface area (Å²) < 4.78 is 29.0. The summed E-state index contributed by atoms with van der Waals surface area (Å²) in [6, 6.07) is 7.16. The van der Waals surface area contributed by atoms with Crippen LogP contribution >= 0.6 is 0 Å². The van der Waals surface area contributed by atoms with Gasteiger partial charge < -0.3 is 5.73 Å². The van der Waals surface area contributed by atoms with E-state index in [-0.39, 0.29) is 0 Å². The van der Waals surface area contributed by atoms with Gasteiger partial charge in [0.15, 0.2) is 0 Å². The second-order valence-electron chi connectivity index (χ2n) is 5.74. The monoisotopic (exact) mass is 311 g/mol. The van der Waals surface area contributed by atoms with Crippen LogP contribution in [0.25, 0.3) is 0 Å². The number of anilines is 2. The van der Waals surface area contributed by atoms with E-state index in [0.717, 1.165) is 19.3 Å². The van der Waals surface area contributed by atoms with E-state index in [1.165, 1.54) is 4.31 Å². The number of nitrogen functional groups attached to an aromatic ring is 1. The molecule has 0 aliphatic carbocycles. The molecule has 1 aliphatic heterocycles. The standard InChI is InChI=1S/C15H25N3O2S/c1-3-10-18(15-9-5-4-8-14(15)16)21(19,20)17-11-6-7-13(2)12-17/h4-5,8-9,13H,3,6-7,10-12,16H2,1-2H3. The lowest BCUT2D eigenvalue weighted by atomic mass is 10.0. The number of nitrogens with two attached hydrogens (primary N) is 1. The Morgan fingerprint density at radius 3 is 2.71 bits per heavy atom. The molecule has 0 bridgehead atoms. The molecule has 1 heterocycles. The number of nitrogens with zero attached hydrogens (tertiary/aromatic N) is 2. The Bertz CT molecular complexity index is 574. The number of hydrogen-bond acceptors (Lipinski definition) is 3. The Morgan fingerprint density at radius 1 is 1.38 bits per heavy atom. The molecule has 21 heavy (non-hydrogen) atoms. The van der Waals surface area contributed by atoms with E-state index in [1.54, 1.807) is 16.4 Å². The lowest BCUT2D eigenvalue weighted by molar-refractivity contribution is 0.280. The SMILES string of the molecule is CCCN(c1ccccc1N)S(=O)(=O)N1CCCC(C)C1. The third-order valence-corrected chi connectivity index (χ3v) is 5.78. The average Bonchev–Trinajstić information content (AvgIpc) is 2.45. The Balaban J connectivity index is 2.34. The van der Waals surface area contributed by atoms with Crippen molar-refractivity contribution < 1.29 is 8.42 Å². The average molecular weight is 311 g/mol. The molecule has 5 nitrogen and oxygen atoms in total. The van der Waals surface area contributed by atoms with E-state index in [1.807, 2.05) is 19.1 Å². The number of hydrogen-bond donors (Lipinski definition) is 1. The summed E-state index contributed by atoms with van der Waals surface area (Å²) in [5.41, 5.74) is 7.06. The molecule has 1 saturated heterocycles. The van der Waals surface area contributed by atoms with Crippen LogP contribution < -0.4 is 10.0 Å². The first-order valence-electron chi connectivity index (χ1n) is 7.59. The molecule has 1 unspecified atom stereocenters. The lowest BCUT2D eigenvalue weighted by Gasteiger charge is -2.35. The number of para-hydroxylation sites is 2. The molecule has 0 amide bonds. The Hall–Kier alpha value is -1.27. The fraction of sp³-hybridized carbons (Fsp3) is 0.600. The highest BCUT2D eigenvalue weighted by atomic mass is 32.2. The summed E-state index contributed by atoms with van der Waals surface area (Å²) >= 11 is 0. The van der Waals surface area contributed by atoms with Crippen molar-refractivity contribution in [2.24, 2.45) is 5.92 Å². The van der Waals surface area contributed by atoms with Crippen LogP contribution in [0.4, 0.5) is 11.4 Å². The minimum atomic E-state index is -3.51. The van der Waals surface area contributed by atoms with E-state index in [9.17, 15) is 8.42 Å². The van der Waals surface area contributed by atoms with E-state index >= 15 is 0 Å². The van der Waals surface area contributed by atoms with Crippen LogP contribution in [0.5, 0.6) is 0 Å². The van der Waals surface area contributed by atoms with Crippen molar-refractivity contribution in [2.45, 2.75) is 33.1 Å².